The summed E-state index contributed by atoms with van der Waals surface area (Å²) in [7, 11) is 0. The van der Waals surface area contributed by atoms with E-state index in [9.17, 15) is 6.48 Å². The minimum atomic E-state index is -2.50. The maximum atomic E-state index is 12.0. The predicted octanol–water partition coefficient (Wildman–Crippen LogP) is 14.7. The Kier molecular flexibility index (Phi) is 6.98. The second kappa shape index (κ2) is 15.7. The van der Waals surface area contributed by atoms with Crippen LogP contribution in [0.2, 0.25) is 0 Å². The monoisotopic (exact) mass is 796 g/mol. The van der Waals surface area contributed by atoms with Crippen molar-refractivity contribution in [1.82, 2.24) is 14.5 Å². The van der Waals surface area contributed by atoms with Crippen molar-refractivity contribution < 1.29 is 20.2 Å². The lowest BCUT2D eigenvalue weighted by Gasteiger charge is -2.19. The van der Waals surface area contributed by atoms with Crippen LogP contribution in [0.3, 0.4) is 0 Å². The Morgan fingerprint density at radius 3 is 1.92 bits per heavy atom. The smallest absolute Gasteiger partial charge is 0.149 e. The number of benzene rings is 8. The number of hydrogen-bond donors (Lipinski definition) is 1. The molecular weight excluding hydrogens is 743 g/mol. The molecule has 4 heteroatoms. The topological polar surface area (TPSA) is 50.9 Å². The van der Waals surface area contributed by atoms with Crippen molar-refractivity contribution in [2.75, 3.05) is 0 Å². The summed E-state index contributed by atoms with van der Waals surface area (Å²) in [6, 6.07) is 42.9. The number of imidazole rings is 1. The van der Waals surface area contributed by atoms with Crippen molar-refractivity contribution in [3.05, 3.63) is 217 Å². The Bertz CT molecular complexity index is 3770. The van der Waals surface area contributed by atoms with E-state index in [1.165, 1.54) is 0 Å². The first-order valence-corrected chi connectivity index (χ1v) is 19.8. The lowest BCUT2D eigenvalue weighted by atomic mass is 9.93. The molecule has 0 aliphatic heterocycles. The molecule has 0 amide bonds. The third kappa shape index (κ3) is 7.08. The molecule has 1 N–H and O–H groups in total. The average molecular weight is 797 g/mol. The first-order valence-electron chi connectivity index (χ1n) is 25.3. The Hall–Kier alpha value is -7.82. The zero-order valence-electron chi connectivity index (χ0n) is 44.2. The van der Waals surface area contributed by atoms with Gasteiger partial charge in [0.25, 0.3) is 0 Å². The van der Waals surface area contributed by atoms with Gasteiger partial charge >= 0.3 is 0 Å². The molecule has 0 atom stereocenters. The minimum Gasteiger partial charge on any atom is -0.507 e. The molecule has 0 aliphatic carbocycles. The summed E-state index contributed by atoms with van der Waals surface area (Å²) in [6.45, 7) is 1.26. The fraction of sp³-hybridized carbons (Fsp3) is 0.0526. The van der Waals surface area contributed by atoms with Gasteiger partial charge in [0.2, 0.25) is 0 Å². The van der Waals surface area contributed by atoms with E-state index in [0.29, 0.717) is 72.6 Å². The highest BCUT2D eigenvalue weighted by molar-refractivity contribution is 5.99. The molecule has 0 bridgehead atoms. The number of nitrogens with zero attached hydrogens (tertiary/aromatic N) is 3. The molecule has 292 valence electrons. The van der Waals surface area contributed by atoms with E-state index in [-0.39, 0.29) is 28.1 Å². The van der Waals surface area contributed by atoms with Crippen LogP contribution >= 0.6 is 0 Å². The number of aromatic hydroxyl groups is 1. The Balaban J connectivity index is 1.31. The van der Waals surface area contributed by atoms with Crippen LogP contribution in [0.4, 0.5) is 0 Å². The predicted molar refractivity (Wildman–Crippen MR) is 253 cm³/mol. The maximum Gasteiger partial charge on any atom is 0.149 e. The molecule has 10 rings (SSSR count). The normalized spacial score (nSPS) is 14.0. The molecule has 4 nitrogen and oxygen atoms in total. The second-order valence-electron chi connectivity index (χ2n) is 14.9. The SMILES string of the molecule is [2H]c1nc(-c2cc(-c3ccccc3)cc(-c3cccc4c3nc(-c3cc(C)cc(C)c3O)n4-c3cc(-c4ccccc4)c(C([2H])([2H])[2H])cc3-c3ccccc3)c2)c([2H])c(-c2c([2H])c([2H])c([2H])c([2H])c2[2H])c1[2H]. The third-order valence-corrected chi connectivity index (χ3v) is 10.9. The third-order valence-electron chi connectivity index (χ3n) is 10.9. The van der Waals surface area contributed by atoms with Crippen molar-refractivity contribution in [3.63, 3.8) is 0 Å². The van der Waals surface area contributed by atoms with Gasteiger partial charge in [-0.15, -0.1) is 0 Å². The van der Waals surface area contributed by atoms with Crippen molar-refractivity contribution in [2.24, 2.45) is 0 Å². The van der Waals surface area contributed by atoms with Gasteiger partial charge in [0, 0.05) is 27.0 Å². The van der Waals surface area contributed by atoms with Crippen LogP contribution in [0.25, 0.3) is 95.0 Å². The van der Waals surface area contributed by atoms with E-state index in [0.717, 1.165) is 16.7 Å². The molecule has 10 aromatic rings. The summed E-state index contributed by atoms with van der Waals surface area (Å²) in [4.78, 5) is 9.88. The standard InChI is InChI=1S/C57H43N3O/c1-37-29-39(3)56(61)51(30-37)57-59-55-48(46-32-45(41-19-10-5-11-20-41)33-47(34-46)52-35-44(27-28-58-52)40-17-8-4-9-18-40)25-16-26-53(55)60(57)54-36-49(42-21-12-6-13-22-42)38(2)31-50(54)43-23-14-7-15-24-43/h4-36,61H,1-3H3/i2D3,4D,8D,9D,17D,18D,27D,28D,35D. The highest BCUT2D eigenvalue weighted by atomic mass is 16.3. The Labute approximate surface area is 372 Å². The van der Waals surface area contributed by atoms with Crippen LogP contribution in [0.5, 0.6) is 5.75 Å². The van der Waals surface area contributed by atoms with Crippen molar-refractivity contribution in [3.8, 4) is 89.7 Å². The number of aryl methyl sites for hydroxylation is 3. The summed E-state index contributed by atoms with van der Waals surface area (Å²) in [5, 5.41) is 12.0. The number of rotatable bonds is 8. The zero-order chi connectivity index (χ0) is 50.9. The lowest BCUT2D eigenvalue weighted by molar-refractivity contribution is 0.472. The number of phenols is 1. The summed E-state index contributed by atoms with van der Waals surface area (Å²) in [5.41, 5.74) is 8.70. The quantitative estimate of drug-likeness (QED) is 0.167. The molecule has 0 radical (unpaired) electrons. The maximum absolute atomic E-state index is 12.0. The molecule has 0 aliphatic rings. The first-order chi connectivity index (χ1) is 34.4. The van der Waals surface area contributed by atoms with Crippen molar-refractivity contribution >= 4 is 11.0 Å². The van der Waals surface area contributed by atoms with Gasteiger partial charge in [0.05, 0.1) is 38.9 Å². The van der Waals surface area contributed by atoms with E-state index in [1.54, 1.807) is 18.2 Å². The van der Waals surface area contributed by atoms with Crippen LogP contribution in [0.15, 0.2) is 200 Å². The summed E-state index contributed by atoms with van der Waals surface area (Å²) in [5.74, 6) is 0.394. The molecule has 8 aromatic carbocycles. The van der Waals surface area contributed by atoms with E-state index in [4.69, 9.17) is 18.7 Å². The molecule has 0 spiro atoms. The van der Waals surface area contributed by atoms with Crippen LogP contribution in [-0.4, -0.2) is 19.6 Å². The van der Waals surface area contributed by atoms with Gasteiger partial charge in [-0.3, -0.25) is 9.55 Å². The van der Waals surface area contributed by atoms with Gasteiger partial charge in [-0.1, -0.05) is 139 Å². The summed E-state index contributed by atoms with van der Waals surface area (Å²) >= 11 is 0. The molecule has 0 saturated heterocycles. The number of hydrogen-bond acceptors (Lipinski definition) is 3. The number of fused-ring (bicyclic) bond motifs is 1. The van der Waals surface area contributed by atoms with E-state index in [1.807, 2.05) is 152 Å². The summed E-state index contributed by atoms with van der Waals surface area (Å²) in [6.07, 6.45) is -0.554. The van der Waals surface area contributed by atoms with E-state index in [2.05, 4.69) is 4.98 Å². The molecule has 2 heterocycles. The summed E-state index contributed by atoms with van der Waals surface area (Å²) < 4.78 is 98.0. The molecular formula is C57H43N3O. The molecule has 61 heavy (non-hydrogen) atoms. The first kappa shape index (κ1) is 27.0. The highest BCUT2D eigenvalue weighted by Crippen LogP contribution is 2.44. The fourth-order valence-corrected chi connectivity index (χ4v) is 8.04. The van der Waals surface area contributed by atoms with Crippen LogP contribution in [0, 0.1) is 20.7 Å². The average Bonchev–Trinajstić information content (AvgIpc) is 3.77. The minimum absolute atomic E-state index is 0.0173. The van der Waals surface area contributed by atoms with Crippen LogP contribution in [-0.2, 0) is 0 Å². The fourth-order valence-electron chi connectivity index (χ4n) is 8.04. The van der Waals surface area contributed by atoms with Crippen LogP contribution < -0.4 is 0 Å². The molecule has 0 unspecified atom stereocenters. The van der Waals surface area contributed by atoms with Gasteiger partial charge in [-0.25, -0.2) is 4.98 Å². The van der Waals surface area contributed by atoms with E-state index >= 15 is 0 Å². The number of aromatic nitrogens is 3. The molecule has 2 aromatic heterocycles. The van der Waals surface area contributed by atoms with Gasteiger partial charge in [-0.2, -0.15) is 0 Å². The van der Waals surface area contributed by atoms with Gasteiger partial charge in [-0.05, 0) is 136 Å². The molecule has 0 fully saturated rings. The second-order valence-corrected chi connectivity index (χ2v) is 14.9. The van der Waals surface area contributed by atoms with Gasteiger partial charge < -0.3 is 5.11 Å². The van der Waals surface area contributed by atoms with Crippen molar-refractivity contribution in [1.29, 1.82) is 0 Å². The van der Waals surface area contributed by atoms with E-state index < -0.39 is 55.3 Å². The highest BCUT2D eigenvalue weighted by Gasteiger charge is 2.24. The number of pyridine rings is 1. The zero-order valence-corrected chi connectivity index (χ0v) is 33.2. The largest absolute Gasteiger partial charge is 0.507 e. The number of phenolic OH excluding ortho intramolecular Hbond substituents is 1. The van der Waals surface area contributed by atoms with Crippen LogP contribution in [0.1, 0.15) is 31.8 Å². The number of para-hydroxylation sites is 1. The Morgan fingerprint density at radius 2 is 1.20 bits per heavy atom. The van der Waals surface area contributed by atoms with Gasteiger partial charge in [0.15, 0.2) is 0 Å². The molecule has 0 saturated carbocycles. The van der Waals surface area contributed by atoms with Crippen molar-refractivity contribution in [2.45, 2.75) is 20.7 Å². The van der Waals surface area contributed by atoms with Gasteiger partial charge in [0.1, 0.15) is 11.6 Å². The lowest BCUT2D eigenvalue weighted by Crippen LogP contribution is -2.03. The Morgan fingerprint density at radius 1 is 0.525 bits per heavy atom.